The second-order valence-electron chi connectivity index (χ2n) is 5.04. The lowest BCUT2D eigenvalue weighted by Crippen LogP contribution is -2.34. The Morgan fingerprint density at radius 2 is 2.22 bits per heavy atom. The molecule has 1 aromatic rings. The van der Waals surface area contributed by atoms with Crippen molar-refractivity contribution in [3.05, 3.63) is 22.7 Å². The third-order valence-electron chi connectivity index (χ3n) is 3.72. The topological polar surface area (TPSA) is 50.2 Å². The lowest BCUT2D eigenvalue weighted by Gasteiger charge is -2.23. The monoisotopic (exact) mass is 250 g/mol. The van der Waals surface area contributed by atoms with Gasteiger partial charge in [0.05, 0.1) is 0 Å². The van der Waals surface area contributed by atoms with Gasteiger partial charge in [-0.2, -0.15) is 0 Å². The minimum Gasteiger partial charge on any atom is -0.364 e. The van der Waals surface area contributed by atoms with Gasteiger partial charge in [0.25, 0.3) is 5.56 Å². The van der Waals surface area contributed by atoms with E-state index in [0.29, 0.717) is 5.82 Å². The van der Waals surface area contributed by atoms with Crippen molar-refractivity contribution < 1.29 is 0 Å². The Hall–Kier alpha value is -1.36. The highest BCUT2D eigenvalue weighted by atomic mass is 16.1. The van der Waals surface area contributed by atoms with E-state index >= 15 is 0 Å². The molecule has 0 radical (unpaired) electrons. The van der Waals surface area contributed by atoms with Crippen molar-refractivity contribution in [3.8, 4) is 0 Å². The third kappa shape index (κ3) is 3.10. The van der Waals surface area contributed by atoms with E-state index in [1.807, 2.05) is 0 Å². The fourth-order valence-electron chi connectivity index (χ4n) is 2.50. The van der Waals surface area contributed by atoms with E-state index < -0.39 is 0 Å². The van der Waals surface area contributed by atoms with Crippen molar-refractivity contribution >= 4 is 5.82 Å². The molecular formula is C13H22N4O. The maximum Gasteiger partial charge on any atom is 0.293 e. The van der Waals surface area contributed by atoms with Crippen LogP contribution in [-0.4, -0.2) is 40.6 Å². The van der Waals surface area contributed by atoms with Crippen molar-refractivity contribution in [3.63, 3.8) is 0 Å². The third-order valence-corrected chi connectivity index (χ3v) is 3.72. The SMILES string of the molecule is CN(CCNc1nccn(C)c1=O)C1CCCC1. The summed E-state index contributed by atoms with van der Waals surface area (Å²) in [4.78, 5) is 18.2. The maximum atomic E-state index is 11.7. The lowest BCUT2D eigenvalue weighted by atomic mass is 10.2. The van der Waals surface area contributed by atoms with Crippen LogP contribution >= 0.6 is 0 Å². The van der Waals surface area contributed by atoms with Gasteiger partial charge >= 0.3 is 0 Å². The Morgan fingerprint density at radius 3 is 2.94 bits per heavy atom. The van der Waals surface area contributed by atoms with E-state index in [-0.39, 0.29) is 5.56 Å². The number of nitrogens with zero attached hydrogens (tertiary/aromatic N) is 3. The molecule has 0 atom stereocenters. The van der Waals surface area contributed by atoms with Crippen molar-refractivity contribution in [1.82, 2.24) is 14.5 Å². The standard InChI is InChI=1S/C13H22N4O/c1-16(11-5-3-4-6-11)9-7-14-12-13(18)17(2)10-8-15-12/h8,10-11H,3-7,9H2,1-2H3,(H,14,15). The zero-order valence-electron chi connectivity index (χ0n) is 11.2. The highest BCUT2D eigenvalue weighted by molar-refractivity contribution is 5.30. The van der Waals surface area contributed by atoms with Crippen LogP contribution in [0.3, 0.4) is 0 Å². The second-order valence-corrected chi connectivity index (χ2v) is 5.04. The van der Waals surface area contributed by atoms with Gasteiger partial charge < -0.3 is 14.8 Å². The van der Waals surface area contributed by atoms with Gasteiger partial charge in [0.2, 0.25) is 0 Å². The van der Waals surface area contributed by atoms with E-state index in [1.165, 1.54) is 30.3 Å². The number of anilines is 1. The minimum atomic E-state index is -0.0685. The molecule has 1 fully saturated rings. The summed E-state index contributed by atoms with van der Waals surface area (Å²) in [5.74, 6) is 0.444. The molecule has 0 spiro atoms. The molecule has 100 valence electrons. The summed E-state index contributed by atoms with van der Waals surface area (Å²) >= 11 is 0. The van der Waals surface area contributed by atoms with Crippen LogP contribution in [0.4, 0.5) is 5.82 Å². The van der Waals surface area contributed by atoms with Gasteiger partial charge in [-0.05, 0) is 19.9 Å². The van der Waals surface area contributed by atoms with Crippen LogP contribution in [0, 0.1) is 0 Å². The highest BCUT2D eigenvalue weighted by Gasteiger charge is 2.18. The molecule has 1 aliphatic rings. The molecule has 1 aromatic heterocycles. The molecule has 0 aromatic carbocycles. The second kappa shape index (κ2) is 6.00. The summed E-state index contributed by atoms with van der Waals surface area (Å²) in [6.07, 6.45) is 8.62. The Kier molecular flexibility index (Phi) is 4.36. The summed E-state index contributed by atoms with van der Waals surface area (Å²) in [5.41, 5.74) is -0.0685. The molecule has 2 rings (SSSR count). The largest absolute Gasteiger partial charge is 0.364 e. The molecule has 0 aliphatic heterocycles. The highest BCUT2D eigenvalue weighted by Crippen LogP contribution is 2.21. The molecule has 0 bridgehead atoms. The van der Waals surface area contributed by atoms with Crippen molar-refractivity contribution in [2.75, 3.05) is 25.5 Å². The normalized spacial score (nSPS) is 16.4. The van der Waals surface area contributed by atoms with Crippen LogP contribution in [0.5, 0.6) is 0 Å². The first-order valence-electron chi connectivity index (χ1n) is 6.64. The van der Waals surface area contributed by atoms with E-state index in [0.717, 1.165) is 19.1 Å². The first kappa shape index (κ1) is 13.1. The number of aryl methyl sites for hydroxylation is 1. The van der Waals surface area contributed by atoms with E-state index in [1.54, 1.807) is 19.4 Å². The average Bonchev–Trinajstić information content (AvgIpc) is 2.88. The predicted molar refractivity (Wildman–Crippen MR) is 72.9 cm³/mol. The Bertz CT molecular complexity index is 437. The van der Waals surface area contributed by atoms with Gasteiger partial charge in [0.1, 0.15) is 0 Å². The molecule has 5 nitrogen and oxygen atoms in total. The first-order chi connectivity index (χ1) is 8.68. The summed E-state index contributed by atoms with van der Waals surface area (Å²) in [6.45, 7) is 1.71. The maximum absolute atomic E-state index is 11.7. The Labute approximate surface area is 108 Å². The summed E-state index contributed by atoms with van der Waals surface area (Å²) < 4.78 is 1.54. The van der Waals surface area contributed by atoms with Crippen LogP contribution < -0.4 is 10.9 Å². The Morgan fingerprint density at radius 1 is 1.50 bits per heavy atom. The van der Waals surface area contributed by atoms with Gasteiger partial charge in [-0.15, -0.1) is 0 Å². The number of aromatic nitrogens is 2. The van der Waals surface area contributed by atoms with Crippen molar-refractivity contribution in [2.24, 2.45) is 7.05 Å². The molecule has 1 heterocycles. The van der Waals surface area contributed by atoms with Gasteiger partial charge in [0.15, 0.2) is 5.82 Å². The summed E-state index contributed by atoms with van der Waals surface area (Å²) in [7, 11) is 3.90. The van der Waals surface area contributed by atoms with Gasteiger partial charge in [-0.25, -0.2) is 4.98 Å². The molecule has 1 N–H and O–H groups in total. The van der Waals surface area contributed by atoms with Crippen LogP contribution in [0.25, 0.3) is 0 Å². The molecular weight excluding hydrogens is 228 g/mol. The summed E-state index contributed by atoms with van der Waals surface area (Å²) in [6, 6.07) is 0.721. The van der Waals surface area contributed by atoms with Crippen LogP contribution in [-0.2, 0) is 7.05 Å². The van der Waals surface area contributed by atoms with E-state index in [4.69, 9.17) is 0 Å². The molecule has 18 heavy (non-hydrogen) atoms. The quantitative estimate of drug-likeness (QED) is 0.849. The van der Waals surface area contributed by atoms with E-state index in [2.05, 4.69) is 22.2 Å². The van der Waals surface area contributed by atoms with Crippen molar-refractivity contribution in [2.45, 2.75) is 31.7 Å². The smallest absolute Gasteiger partial charge is 0.293 e. The van der Waals surface area contributed by atoms with Gasteiger partial charge in [-0.3, -0.25) is 4.79 Å². The van der Waals surface area contributed by atoms with Crippen LogP contribution in [0.1, 0.15) is 25.7 Å². The number of rotatable bonds is 5. The molecule has 1 saturated carbocycles. The molecule has 0 amide bonds. The summed E-state index contributed by atoms with van der Waals surface area (Å²) in [5, 5.41) is 3.12. The number of hydrogen-bond acceptors (Lipinski definition) is 4. The molecule has 0 saturated heterocycles. The average molecular weight is 250 g/mol. The zero-order chi connectivity index (χ0) is 13.0. The van der Waals surface area contributed by atoms with Crippen LogP contribution in [0.2, 0.25) is 0 Å². The molecule has 5 heteroatoms. The van der Waals surface area contributed by atoms with Gasteiger partial charge in [0, 0.05) is 38.6 Å². The first-order valence-corrected chi connectivity index (χ1v) is 6.64. The lowest BCUT2D eigenvalue weighted by molar-refractivity contribution is 0.254. The number of likely N-dealkylation sites (N-methyl/N-ethyl adjacent to an activating group) is 1. The van der Waals surface area contributed by atoms with Crippen molar-refractivity contribution in [1.29, 1.82) is 0 Å². The predicted octanol–water partition coefficient (Wildman–Crippen LogP) is 1.07. The molecule has 1 aliphatic carbocycles. The van der Waals surface area contributed by atoms with Crippen LogP contribution in [0.15, 0.2) is 17.2 Å². The zero-order valence-corrected chi connectivity index (χ0v) is 11.2. The number of nitrogens with one attached hydrogen (secondary N) is 1. The Balaban J connectivity index is 1.81. The fourth-order valence-corrected chi connectivity index (χ4v) is 2.50. The number of hydrogen-bond donors (Lipinski definition) is 1. The fraction of sp³-hybridized carbons (Fsp3) is 0.692. The van der Waals surface area contributed by atoms with E-state index in [9.17, 15) is 4.79 Å². The van der Waals surface area contributed by atoms with Gasteiger partial charge in [-0.1, -0.05) is 12.8 Å². The minimum absolute atomic E-state index is 0.0685. The molecule has 0 unspecified atom stereocenters.